The lowest BCUT2D eigenvalue weighted by molar-refractivity contribution is 0.561. The zero-order valence-electron chi connectivity index (χ0n) is 8.28. The summed E-state index contributed by atoms with van der Waals surface area (Å²) in [4.78, 5) is 0. The van der Waals surface area contributed by atoms with E-state index >= 15 is 0 Å². The molecule has 1 heterocycles. The minimum Gasteiger partial charge on any atom is -0.324 e. The molecule has 2 rings (SSSR count). The summed E-state index contributed by atoms with van der Waals surface area (Å²) in [6, 6.07) is 3.78. The average Bonchev–Trinajstić information content (AvgIpc) is 2.71. The molecule has 0 saturated carbocycles. The molecule has 0 unspecified atom stereocenters. The molecule has 0 fully saturated rings. The fourth-order valence-electron chi connectivity index (χ4n) is 1.29. The van der Waals surface area contributed by atoms with Gasteiger partial charge >= 0.3 is 0 Å². The van der Waals surface area contributed by atoms with Crippen LogP contribution >= 0.6 is 11.3 Å². The Morgan fingerprint density at radius 3 is 2.31 bits per heavy atom. The first kappa shape index (κ1) is 11.1. The monoisotopic (exact) mass is 241 g/mol. The molecule has 16 heavy (non-hydrogen) atoms. The third-order valence-electron chi connectivity index (χ3n) is 2.07. The SMILES string of the molecule is NCc1nnc(Cc2c(F)cccc2F)s1. The van der Waals surface area contributed by atoms with Crippen molar-refractivity contribution in [1.29, 1.82) is 0 Å². The van der Waals surface area contributed by atoms with Crippen LogP contribution in [0.4, 0.5) is 8.78 Å². The second-order valence-corrected chi connectivity index (χ2v) is 4.32. The van der Waals surface area contributed by atoms with E-state index in [2.05, 4.69) is 10.2 Å². The lowest BCUT2D eigenvalue weighted by Gasteiger charge is -2.01. The summed E-state index contributed by atoms with van der Waals surface area (Å²) in [6.45, 7) is 0.289. The summed E-state index contributed by atoms with van der Waals surface area (Å²) in [5, 5.41) is 8.83. The molecule has 0 amide bonds. The van der Waals surface area contributed by atoms with E-state index in [4.69, 9.17) is 5.73 Å². The Hall–Kier alpha value is -1.40. The zero-order chi connectivity index (χ0) is 11.5. The van der Waals surface area contributed by atoms with Gasteiger partial charge in [-0.3, -0.25) is 0 Å². The number of benzene rings is 1. The number of aromatic nitrogens is 2. The van der Waals surface area contributed by atoms with Gasteiger partial charge in [-0.15, -0.1) is 10.2 Å². The molecule has 0 atom stereocenters. The fourth-order valence-corrected chi connectivity index (χ4v) is 2.03. The average molecular weight is 241 g/mol. The van der Waals surface area contributed by atoms with Gasteiger partial charge in [0.05, 0.1) is 0 Å². The number of halogens is 2. The summed E-state index contributed by atoms with van der Waals surface area (Å²) >= 11 is 1.26. The molecular weight excluding hydrogens is 232 g/mol. The van der Waals surface area contributed by atoms with Gasteiger partial charge in [0.25, 0.3) is 0 Å². The predicted molar refractivity (Wildman–Crippen MR) is 57.0 cm³/mol. The van der Waals surface area contributed by atoms with Gasteiger partial charge in [0, 0.05) is 18.5 Å². The van der Waals surface area contributed by atoms with Crippen LogP contribution in [0.15, 0.2) is 18.2 Å². The van der Waals surface area contributed by atoms with E-state index in [9.17, 15) is 8.78 Å². The maximum atomic E-state index is 13.3. The summed E-state index contributed by atoms with van der Waals surface area (Å²) in [5.41, 5.74) is 5.39. The molecule has 2 N–H and O–H groups in total. The van der Waals surface area contributed by atoms with Crippen LogP contribution in [0.3, 0.4) is 0 Å². The summed E-state index contributed by atoms with van der Waals surface area (Å²) in [7, 11) is 0. The molecule has 1 aromatic heterocycles. The van der Waals surface area contributed by atoms with E-state index in [0.717, 1.165) is 0 Å². The van der Waals surface area contributed by atoms with E-state index in [1.165, 1.54) is 29.5 Å². The molecule has 84 valence electrons. The van der Waals surface area contributed by atoms with Crippen molar-refractivity contribution < 1.29 is 8.78 Å². The van der Waals surface area contributed by atoms with E-state index in [1.54, 1.807) is 0 Å². The van der Waals surface area contributed by atoms with Crippen LogP contribution in [0.2, 0.25) is 0 Å². The van der Waals surface area contributed by atoms with Crippen LogP contribution in [0, 0.1) is 11.6 Å². The molecule has 0 saturated heterocycles. The highest BCUT2D eigenvalue weighted by atomic mass is 32.1. The van der Waals surface area contributed by atoms with Crippen LogP contribution in [0.25, 0.3) is 0 Å². The van der Waals surface area contributed by atoms with Crippen molar-refractivity contribution in [3.05, 3.63) is 45.4 Å². The smallest absolute Gasteiger partial charge is 0.131 e. The van der Waals surface area contributed by atoms with Gasteiger partial charge in [-0.2, -0.15) is 0 Å². The topological polar surface area (TPSA) is 51.8 Å². The van der Waals surface area contributed by atoms with Crippen LogP contribution in [-0.2, 0) is 13.0 Å². The van der Waals surface area contributed by atoms with Gasteiger partial charge in [-0.25, -0.2) is 8.78 Å². The largest absolute Gasteiger partial charge is 0.324 e. The summed E-state index contributed by atoms with van der Waals surface area (Å²) in [6.07, 6.45) is 0.107. The maximum absolute atomic E-state index is 13.3. The minimum atomic E-state index is -0.565. The number of hydrogen-bond acceptors (Lipinski definition) is 4. The minimum absolute atomic E-state index is 0.0159. The van der Waals surface area contributed by atoms with Gasteiger partial charge in [-0.1, -0.05) is 17.4 Å². The van der Waals surface area contributed by atoms with Crippen molar-refractivity contribution in [2.75, 3.05) is 0 Å². The second kappa shape index (κ2) is 4.63. The molecule has 0 aliphatic heterocycles. The van der Waals surface area contributed by atoms with Gasteiger partial charge in [0.2, 0.25) is 0 Å². The standard InChI is InChI=1S/C10H9F2N3S/c11-7-2-1-3-8(12)6(7)4-9-14-15-10(5-13)16-9/h1-3H,4-5,13H2. The molecule has 6 heteroatoms. The number of nitrogens with zero attached hydrogens (tertiary/aromatic N) is 2. The highest BCUT2D eigenvalue weighted by Gasteiger charge is 2.11. The van der Waals surface area contributed by atoms with E-state index in [-0.39, 0.29) is 18.5 Å². The molecule has 2 aromatic rings. The molecule has 0 bridgehead atoms. The normalized spacial score (nSPS) is 10.7. The quantitative estimate of drug-likeness (QED) is 0.892. The van der Waals surface area contributed by atoms with Crippen LogP contribution in [-0.4, -0.2) is 10.2 Å². The van der Waals surface area contributed by atoms with Gasteiger partial charge in [-0.05, 0) is 12.1 Å². The number of hydrogen-bond donors (Lipinski definition) is 1. The number of nitrogens with two attached hydrogens (primary N) is 1. The lowest BCUT2D eigenvalue weighted by atomic mass is 10.1. The Bertz CT molecular complexity index is 478. The van der Waals surface area contributed by atoms with E-state index in [1.807, 2.05) is 0 Å². The predicted octanol–water partition coefficient (Wildman–Crippen LogP) is 1.87. The summed E-state index contributed by atoms with van der Waals surface area (Å²) < 4.78 is 26.6. The van der Waals surface area contributed by atoms with Gasteiger partial charge in [0.15, 0.2) is 0 Å². The third-order valence-corrected chi connectivity index (χ3v) is 3.02. The van der Waals surface area contributed by atoms with Gasteiger partial charge in [0.1, 0.15) is 21.6 Å². The molecule has 0 spiro atoms. The molecule has 0 aliphatic rings. The zero-order valence-corrected chi connectivity index (χ0v) is 9.10. The highest BCUT2D eigenvalue weighted by molar-refractivity contribution is 7.11. The Morgan fingerprint density at radius 2 is 1.75 bits per heavy atom. The molecule has 3 nitrogen and oxygen atoms in total. The van der Waals surface area contributed by atoms with Crippen LogP contribution in [0.1, 0.15) is 15.6 Å². The van der Waals surface area contributed by atoms with Crippen molar-refractivity contribution in [2.45, 2.75) is 13.0 Å². The first-order valence-electron chi connectivity index (χ1n) is 4.65. The first-order valence-corrected chi connectivity index (χ1v) is 5.46. The maximum Gasteiger partial charge on any atom is 0.131 e. The molecule has 0 aliphatic carbocycles. The Morgan fingerprint density at radius 1 is 1.12 bits per heavy atom. The van der Waals surface area contributed by atoms with Crippen molar-refractivity contribution >= 4 is 11.3 Å². The van der Waals surface area contributed by atoms with Gasteiger partial charge < -0.3 is 5.73 Å². The Labute approximate surface area is 94.9 Å². The van der Waals surface area contributed by atoms with Crippen molar-refractivity contribution in [3.63, 3.8) is 0 Å². The fraction of sp³-hybridized carbons (Fsp3) is 0.200. The first-order chi connectivity index (χ1) is 7.70. The van der Waals surface area contributed by atoms with Crippen LogP contribution < -0.4 is 5.73 Å². The van der Waals surface area contributed by atoms with Crippen molar-refractivity contribution in [2.24, 2.45) is 5.73 Å². The van der Waals surface area contributed by atoms with Crippen molar-refractivity contribution in [1.82, 2.24) is 10.2 Å². The molecular formula is C10H9F2N3S. The Kier molecular flexibility index (Phi) is 3.21. The van der Waals surface area contributed by atoms with E-state index in [0.29, 0.717) is 10.0 Å². The molecule has 0 radical (unpaired) electrons. The number of rotatable bonds is 3. The van der Waals surface area contributed by atoms with Crippen LogP contribution in [0.5, 0.6) is 0 Å². The second-order valence-electron chi connectivity index (χ2n) is 3.17. The lowest BCUT2D eigenvalue weighted by Crippen LogP contribution is -1.96. The van der Waals surface area contributed by atoms with E-state index < -0.39 is 11.6 Å². The third kappa shape index (κ3) is 2.23. The molecule has 1 aromatic carbocycles. The van der Waals surface area contributed by atoms with Crippen molar-refractivity contribution in [3.8, 4) is 0 Å². The summed E-state index contributed by atoms with van der Waals surface area (Å²) in [5.74, 6) is -1.13. The highest BCUT2D eigenvalue weighted by Crippen LogP contribution is 2.19. The Balaban J connectivity index is 2.26.